The van der Waals surface area contributed by atoms with Crippen molar-refractivity contribution >= 4 is 11.9 Å². The molecule has 2 aliphatic heterocycles. The Morgan fingerprint density at radius 3 is 2.44 bits per heavy atom. The van der Waals surface area contributed by atoms with Crippen LogP contribution in [-0.4, -0.2) is 59.3 Å². The van der Waals surface area contributed by atoms with Crippen molar-refractivity contribution in [3.63, 3.8) is 0 Å². The molecule has 0 saturated carbocycles. The minimum absolute atomic E-state index is 0.223. The Morgan fingerprint density at radius 2 is 1.89 bits per heavy atom. The molecule has 0 aromatic carbocycles. The highest BCUT2D eigenvalue weighted by molar-refractivity contribution is 5.68. The number of aromatic nitrogens is 2. The van der Waals surface area contributed by atoms with E-state index in [2.05, 4.69) is 21.8 Å². The Bertz CT molecular complexity index is 621. The van der Waals surface area contributed by atoms with Gasteiger partial charge in [0.15, 0.2) is 0 Å². The molecule has 2 aliphatic rings. The second kappa shape index (κ2) is 8.31. The number of amides is 1. The lowest BCUT2D eigenvalue weighted by Crippen LogP contribution is -2.42. The minimum Gasteiger partial charge on any atom is -0.476 e. The molecular weight excluding hydrogens is 344 g/mol. The SMILES string of the molecule is CC1CCN(c2cnc(OCC3CCN(C(=O)OC(C)(C)C)CC3)cn2)C1. The third kappa shape index (κ3) is 5.71. The summed E-state index contributed by atoms with van der Waals surface area (Å²) in [5.74, 6) is 2.64. The quantitative estimate of drug-likeness (QED) is 0.803. The Morgan fingerprint density at radius 1 is 1.15 bits per heavy atom. The van der Waals surface area contributed by atoms with Crippen molar-refractivity contribution in [2.24, 2.45) is 11.8 Å². The van der Waals surface area contributed by atoms with Gasteiger partial charge in [-0.25, -0.2) is 14.8 Å². The number of piperidine rings is 1. The second-order valence-corrected chi connectivity index (χ2v) is 8.77. The Balaban J connectivity index is 1.40. The number of nitrogens with zero attached hydrogens (tertiary/aromatic N) is 4. The largest absolute Gasteiger partial charge is 0.476 e. The molecule has 3 heterocycles. The van der Waals surface area contributed by atoms with E-state index >= 15 is 0 Å². The maximum atomic E-state index is 12.1. The van der Waals surface area contributed by atoms with Crippen LogP contribution >= 0.6 is 0 Å². The first-order chi connectivity index (χ1) is 12.8. The fourth-order valence-electron chi connectivity index (χ4n) is 3.50. The van der Waals surface area contributed by atoms with Gasteiger partial charge in [-0.2, -0.15) is 0 Å². The van der Waals surface area contributed by atoms with Crippen LogP contribution in [0.4, 0.5) is 10.6 Å². The monoisotopic (exact) mass is 376 g/mol. The molecule has 150 valence electrons. The van der Waals surface area contributed by atoms with Crippen LogP contribution in [0, 0.1) is 11.8 Å². The van der Waals surface area contributed by atoms with Crippen LogP contribution in [0.25, 0.3) is 0 Å². The van der Waals surface area contributed by atoms with Crippen molar-refractivity contribution in [2.45, 2.75) is 52.6 Å². The number of likely N-dealkylation sites (tertiary alicyclic amines) is 1. The number of ether oxygens (including phenoxy) is 2. The van der Waals surface area contributed by atoms with Gasteiger partial charge in [0.25, 0.3) is 0 Å². The molecule has 0 spiro atoms. The molecule has 27 heavy (non-hydrogen) atoms. The lowest BCUT2D eigenvalue weighted by atomic mass is 9.98. The number of hydrogen-bond acceptors (Lipinski definition) is 6. The van der Waals surface area contributed by atoms with E-state index in [9.17, 15) is 4.79 Å². The maximum Gasteiger partial charge on any atom is 0.410 e. The van der Waals surface area contributed by atoms with Crippen LogP contribution in [0.3, 0.4) is 0 Å². The summed E-state index contributed by atoms with van der Waals surface area (Å²) >= 11 is 0. The highest BCUT2D eigenvalue weighted by Gasteiger charge is 2.27. The molecule has 2 saturated heterocycles. The highest BCUT2D eigenvalue weighted by atomic mass is 16.6. The molecule has 1 aromatic rings. The van der Waals surface area contributed by atoms with E-state index in [0.29, 0.717) is 37.4 Å². The molecule has 7 heteroatoms. The summed E-state index contributed by atoms with van der Waals surface area (Å²) in [6, 6.07) is 0. The van der Waals surface area contributed by atoms with Gasteiger partial charge >= 0.3 is 6.09 Å². The van der Waals surface area contributed by atoms with E-state index in [4.69, 9.17) is 9.47 Å². The smallest absolute Gasteiger partial charge is 0.410 e. The Labute approximate surface area is 162 Å². The zero-order valence-corrected chi connectivity index (χ0v) is 17.0. The van der Waals surface area contributed by atoms with Crippen LogP contribution in [0.1, 0.15) is 47.0 Å². The summed E-state index contributed by atoms with van der Waals surface area (Å²) in [4.78, 5) is 25.1. The molecule has 0 N–H and O–H groups in total. The molecular formula is C20H32N4O3. The van der Waals surface area contributed by atoms with E-state index in [-0.39, 0.29) is 6.09 Å². The molecule has 1 amide bonds. The predicted octanol–water partition coefficient (Wildman–Crippen LogP) is 3.35. The summed E-state index contributed by atoms with van der Waals surface area (Å²) < 4.78 is 11.3. The average Bonchev–Trinajstić information content (AvgIpc) is 3.06. The molecule has 0 radical (unpaired) electrons. The van der Waals surface area contributed by atoms with Gasteiger partial charge in [-0.15, -0.1) is 0 Å². The first-order valence-corrected chi connectivity index (χ1v) is 9.98. The van der Waals surface area contributed by atoms with Gasteiger partial charge in [-0.1, -0.05) is 6.92 Å². The van der Waals surface area contributed by atoms with Gasteiger partial charge in [0.1, 0.15) is 11.4 Å². The van der Waals surface area contributed by atoms with Gasteiger partial charge in [-0.05, 0) is 51.9 Å². The lowest BCUT2D eigenvalue weighted by molar-refractivity contribution is 0.0164. The number of anilines is 1. The minimum atomic E-state index is -0.449. The van der Waals surface area contributed by atoms with Crippen LogP contribution < -0.4 is 9.64 Å². The van der Waals surface area contributed by atoms with Crippen LogP contribution in [-0.2, 0) is 4.74 Å². The molecule has 1 atom stereocenters. The van der Waals surface area contributed by atoms with E-state index in [1.165, 1.54) is 6.42 Å². The van der Waals surface area contributed by atoms with E-state index < -0.39 is 5.60 Å². The molecule has 1 aromatic heterocycles. The van der Waals surface area contributed by atoms with E-state index in [1.807, 2.05) is 20.8 Å². The topological polar surface area (TPSA) is 67.8 Å². The fourth-order valence-corrected chi connectivity index (χ4v) is 3.50. The fraction of sp³-hybridized carbons (Fsp3) is 0.750. The highest BCUT2D eigenvalue weighted by Crippen LogP contribution is 2.23. The molecule has 7 nitrogen and oxygen atoms in total. The van der Waals surface area contributed by atoms with Crippen LogP contribution in [0.5, 0.6) is 5.88 Å². The summed E-state index contributed by atoms with van der Waals surface area (Å²) in [5.41, 5.74) is -0.449. The third-order valence-corrected chi connectivity index (χ3v) is 5.10. The first kappa shape index (κ1) is 19.7. The summed E-state index contributed by atoms with van der Waals surface area (Å²) in [5, 5.41) is 0. The molecule has 0 bridgehead atoms. The van der Waals surface area contributed by atoms with Crippen molar-refractivity contribution in [1.82, 2.24) is 14.9 Å². The van der Waals surface area contributed by atoms with E-state index in [1.54, 1.807) is 17.3 Å². The summed E-state index contributed by atoms with van der Waals surface area (Å²) in [6.45, 7) is 12.1. The van der Waals surface area contributed by atoms with Gasteiger partial charge in [0.2, 0.25) is 5.88 Å². The third-order valence-electron chi connectivity index (χ3n) is 5.10. The zero-order chi connectivity index (χ0) is 19.4. The van der Waals surface area contributed by atoms with Crippen molar-refractivity contribution in [2.75, 3.05) is 37.7 Å². The lowest BCUT2D eigenvalue weighted by Gasteiger charge is -2.33. The molecule has 0 aliphatic carbocycles. The Kier molecular flexibility index (Phi) is 6.07. The molecule has 3 rings (SSSR count). The van der Waals surface area contributed by atoms with Crippen LogP contribution in [0.2, 0.25) is 0 Å². The summed E-state index contributed by atoms with van der Waals surface area (Å²) in [6.07, 6.45) is 6.33. The standard InChI is InChI=1S/C20H32N4O3/c1-15-5-8-24(13-15)17-11-22-18(12-21-17)26-14-16-6-9-23(10-7-16)19(25)27-20(2,3)4/h11-12,15-16H,5-10,13-14H2,1-4H3. The molecule has 2 fully saturated rings. The van der Waals surface area contributed by atoms with Crippen molar-refractivity contribution in [3.8, 4) is 5.88 Å². The van der Waals surface area contributed by atoms with Gasteiger partial charge < -0.3 is 19.3 Å². The van der Waals surface area contributed by atoms with Crippen molar-refractivity contribution in [3.05, 3.63) is 12.4 Å². The van der Waals surface area contributed by atoms with Gasteiger partial charge in [-0.3, -0.25) is 0 Å². The van der Waals surface area contributed by atoms with Crippen LogP contribution in [0.15, 0.2) is 12.4 Å². The predicted molar refractivity (Wildman–Crippen MR) is 104 cm³/mol. The normalized spacial score (nSPS) is 21.4. The van der Waals surface area contributed by atoms with E-state index in [0.717, 1.165) is 31.7 Å². The number of rotatable bonds is 4. The second-order valence-electron chi connectivity index (χ2n) is 8.77. The number of carbonyl (C=O) groups is 1. The first-order valence-electron chi connectivity index (χ1n) is 9.98. The van der Waals surface area contributed by atoms with Crippen molar-refractivity contribution in [1.29, 1.82) is 0 Å². The maximum absolute atomic E-state index is 12.1. The zero-order valence-electron chi connectivity index (χ0n) is 17.0. The van der Waals surface area contributed by atoms with Gasteiger partial charge in [0.05, 0.1) is 19.0 Å². The average molecular weight is 377 g/mol. The number of carbonyl (C=O) groups excluding carboxylic acids is 1. The molecule has 1 unspecified atom stereocenters. The number of hydrogen-bond donors (Lipinski definition) is 0. The summed E-state index contributed by atoms with van der Waals surface area (Å²) in [7, 11) is 0. The Hall–Kier alpha value is -2.05. The van der Waals surface area contributed by atoms with Crippen molar-refractivity contribution < 1.29 is 14.3 Å². The van der Waals surface area contributed by atoms with Gasteiger partial charge in [0, 0.05) is 26.2 Å².